The number of benzene rings is 1. The van der Waals surface area contributed by atoms with E-state index in [0.29, 0.717) is 11.7 Å². The van der Waals surface area contributed by atoms with Crippen molar-refractivity contribution in [2.45, 2.75) is 58.9 Å². The zero-order valence-electron chi connectivity index (χ0n) is 14.8. The van der Waals surface area contributed by atoms with Crippen LogP contribution in [0, 0.1) is 0 Å². The van der Waals surface area contributed by atoms with Crippen LogP contribution in [-0.4, -0.2) is 36.5 Å². The van der Waals surface area contributed by atoms with Crippen LogP contribution in [0.5, 0.6) is 0 Å². The van der Waals surface area contributed by atoms with Gasteiger partial charge in [-0.15, -0.1) is 0 Å². The summed E-state index contributed by atoms with van der Waals surface area (Å²) >= 11 is 0. The van der Waals surface area contributed by atoms with Gasteiger partial charge in [0, 0.05) is 37.1 Å². The molecular formula is C19H31N3O. The van der Waals surface area contributed by atoms with E-state index in [2.05, 4.69) is 25.7 Å². The number of nitrogens with two attached hydrogens (primary N) is 1. The van der Waals surface area contributed by atoms with E-state index in [1.54, 1.807) is 0 Å². The summed E-state index contributed by atoms with van der Waals surface area (Å²) in [4.78, 5) is 17.5. The van der Waals surface area contributed by atoms with Gasteiger partial charge in [-0.2, -0.15) is 0 Å². The Balaban J connectivity index is 2.35. The van der Waals surface area contributed by atoms with E-state index >= 15 is 0 Å². The highest BCUT2D eigenvalue weighted by Gasteiger charge is 2.27. The van der Waals surface area contributed by atoms with Crippen molar-refractivity contribution in [3.8, 4) is 0 Å². The van der Waals surface area contributed by atoms with Gasteiger partial charge in [0.1, 0.15) is 0 Å². The van der Waals surface area contributed by atoms with Gasteiger partial charge in [-0.05, 0) is 57.2 Å². The minimum atomic E-state index is 0.136. The van der Waals surface area contributed by atoms with Crippen LogP contribution >= 0.6 is 0 Å². The van der Waals surface area contributed by atoms with Crippen molar-refractivity contribution in [2.24, 2.45) is 0 Å². The Morgan fingerprint density at radius 2 is 1.96 bits per heavy atom. The molecule has 0 radical (unpaired) electrons. The van der Waals surface area contributed by atoms with Gasteiger partial charge >= 0.3 is 0 Å². The summed E-state index contributed by atoms with van der Waals surface area (Å²) < 4.78 is 0. The van der Waals surface area contributed by atoms with Gasteiger partial charge in [-0.3, -0.25) is 4.79 Å². The van der Waals surface area contributed by atoms with E-state index in [9.17, 15) is 4.79 Å². The Labute approximate surface area is 140 Å². The monoisotopic (exact) mass is 317 g/mol. The molecule has 1 heterocycles. The van der Waals surface area contributed by atoms with Gasteiger partial charge in [-0.1, -0.05) is 13.8 Å². The average Bonchev–Trinajstić information content (AvgIpc) is 2.54. The maximum atomic E-state index is 13.1. The Kier molecular flexibility index (Phi) is 6.31. The fourth-order valence-corrected chi connectivity index (χ4v) is 3.45. The lowest BCUT2D eigenvalue weighted by molar-refractivity contribution is 0.0636. The van der Waals surface area contributed by atoms with E-state index in [1.807, 2.05) is 23.1 Å². The van der Waals surface area contributed by atoms with E-state index in [1.165, 1.54) is 6.42 Å². The second-order valence-corrected chi connectivity index (χ2v) is 6.61. The largest absolute Gasteiger partial charge is 0.399 e. The molecule has 2 rings (SSSR count). The highest BCUT2D eigenvalue weighted by Crippen LogP contribution is 2.28. The molecule has 0 spiro atoms. The lowest BCUT2D eigenvalue weighted by Crippen LogP contribution is -2.42. The third-order valence-electron chi connectivity index (χ3n) is 4.64. The molecule has 128 valence electrons. The zero-order valence-corrected chi connectivity index (χ0v) is 14.8. The number of rotatable bonds is 6. The SMILES string of the molecule is CCCN(CCC)c1ccc(N)cc1C(=O)N1CCCC[C@H]1C. The minimum Gasteiger partial charge on any atom is -0.399 e. The molecule has 0 aliphatic carbocycles. The first-order chi connectivity index (χ1) is 11.1. The lowest BCUT2D eigenvalue weighted by atomic mass is 10.0. The van der Waals surface area contributed by atoms with E-state index in [4.69, 9.17) is 5.73 Å². The van der Waals surface area contributed by atoms with Crippen LogP contribution in [0.2, 0.25) is 0 Å². The predicted octanol–water partition coefficient (Wildman–Crippen LogP) is 3.91. The van der Waals surface area contributed by atoms with E-state index < -0.39 is 0 Å². The number of nitrogen functional groups attached to an aromatic ring is 1. The fraction of sp³-hybridized carbons (Fsp3) is 0.632. The third-order valence-corrected chi connectivity index (χ3v) is 4.64. The summed E-state index contributed by atoms with van der Waals surface area (Å²) in [5.74, 6) is 0.136. The number of hydrogen-bond acceptors (Lipinski definition) is 3. The smallest absolute Gasteiger partial charge is 0.256 e. The Hall–Kier alpha value is -1.71. The zero-order chi connectivity index (χ0) is 16.8. The standard InChI is InChI=1S/C19H31N3O/c1-4-11-21(12-5-2)18-10-9-16(20)14-17(18)19(23)22-13-7-6-8-15(22)3/h9-10,14-15H,4-8,11-13,20H2,1-3H3/t15-/m1/s1. The molecule has 1 saturated heterocycles. The maximum absolute atomic E-state index is 13.1. The van der Waals surface area contributed by atoms with Gasteiger partial charge < -0.3 is 15.5 Å². The number of likely N-dealkylation sites (tertiary alicyclic amines) is 1. The quantitative estimate of drug-likeness (QED) is 0.809. The predicted molar refractivity (Wildman–Crippen MR) is 98.0 cm³/mol. The molecule has 0 saturated carbocycles. The summed E-state index contributed by atoms with van der Waals surface area (Å²) in [6.45, 7) is 9.29. The molecule has 1 aromatic rings. The van der Waals surface area contributed by atoms with Crippen LogP contribution in [0.3, 0.4) is 0 Å². The molecule has 2 N–H and O–H groups in total. The van der Waals surface area contributed by atoms with Crippen LogP contribution in [0.4, 0.5) is 11.4 Å². The Morgan fingerprint density at radius 3 is 2.57 bits per heavy atom. The molecular weight excluding hydrogens is 286 g/mol. The van der Waals surface area contributed by atoms with Crippen LogP contribution in [-0.2, 0) is 0 Å². The summed E-state index contributed by atoms with van der Waals surface area (Å²) in [6.07, 6.45) is 5.54. The molecule has 1 aliphatic heterocycles. The summed E-state index contributed by atoms with van der Waals surface area (Å²) in [7, 11) is 0. The molecule has 0 unspecified atom stereocenters. The van der Waals surface area contributed by atoms with Gasteiger partial charge in [0.05, 0.1) is 5.56 Å². The molecule has 4 heteroatoms. The number of piperidine rings is 1. The molecule has 1 atom stereocenters. The highest BCUT2D eigenvalue weighted by molar-refractivity contribution is 6.01. The number of anilines is 2. The second-order valence-electron chi connectivity index (χ2n) is 6.61. The van der Waals surface area contributed by atoms with Crippen molar-refractivity contribution in [1.29, 1.82) is 0 Å². The molecule has 4 nitrogen and oxygen atoms in total. The maximum Gasteiger partial charge on any atom is 0.256 e. The Morgan fingerprint density at radius 1 is 1.26 bits per heavy atom. The summed E-state index contributed by atoms with van der Waals surface area (Å²) in [5, 5.41) is 0. The summed E-state index contributed by atoms with van der Waals surface area (Å²) in [5.41, 5.74) is 8.45. The molecule has 0 aromatic heterocycles. The van der Waals surface area contributed by atoms with Crippen LogP contribution in [0.1, 0.15) is 63.2 Å². The minimum absolute atomic E-state index is 0.136. The van der Waals surface area contributed by atoms with Crippen molar-refractivity contribution in [3.05, 3.63) is 23.8 Å². The highest BCUT2D eigenvalue weighted by atomic mass is 16.2. The molecule has 1 amide bonds. The summed E-state index contributed by atoms with van der Waals surface area (Å²) in [6, 6.07) is 6.10. The van der Waals surface area contributed by atoms with Crippen molar-refractivity contribution in [2.75, 3.05) is 30.3 Å². The van der Waals surface area contributed by atoms with E-state index in [0.717, 1.165) is 56.6 Å². The van der Waals surface area contributed by atoms with Gasteiger partial charge in [0.15, 0.2) is 0 Å². The van der Waals surface area contributed by atoms with Gasteiger partial charge in [-0.25, -0.2) is 0 Å². The topological polar surface area (TPSA) is 49.6 Å². The fourth-order valence-electron chi connectivity index (χ4n) is 3.45. The van der Waals surface area contributed by atoms with Gasteiger partial charge in [0.25, 0.3) is 5.91 Å². The van der Waals surface area contributed by atoms with Crippen LogP contribution < -0.4 is 10.6 Å². The van der Waals surface area contributed by atoms with Crippen molar-refractivity contribution in [3.63, 3.8) is 0 Å². The van der Waals surface area contributed by atoms with Crippen LogP contribution in [0.15, 0.2) is 18.2 Å². The average molecular weight is 317 g/mol. The molecule has 23 heavy (non-hydrogen) atoms. The number of amides is 1. The van der Waals surface area contributed by atoms with E-state index in [-0.39, 0.29) is 5.91 Å². The Bertz CT molecular complexity index is 523. The van der Waals surface area contributed by atoms with Crippen molar-refractivity contribution >= 4 is 17.3 Å². The first kappa shape index (κ1) is 17.6. The number of nitrogens with zero attached hydrogens (tertiary/aromatic N) is 2. The number of carbonyl (C=O) groups excluding carboxylic acids is 1. The first-order valence-corrected chi connectivity index (χ1v) is 9.03. The molecule has 1 fully saturated rings. The molecule has 1 aromatic carbocycles. The van der Waals surface area contributed by atoms with Crippen molar-refractivity contribution < 1.29 is 4.79 Å². The normalized spacial score (nSPS) is 18.0. The second kappa shape index (κ2) is 8.23. The van der Waals surface area contributed by atoms with Crippen LogP contribution in [0.25, 0.3) is 0 Å². The van der Waals surface area contributed by atoms with Crippen molar-refractivity contribution in [1.82, 2.24) is 4.90 Å². The third kappa shape index (κ3) is 4.18. The number of hydrogen-bond donors (Lipinski definition) is 1. The molecule has 1 aliphatic rings. The lowest BCUT2D eigenvalue weighted by Gasteiger charge is -2.35. The van der Waals surface area contributed by atoms with Gasteiger partial charge in [0.2, 0.25) is 0 Å². The first-order valence-electron chi connectivity index (χ1n) is 9.03. The number of carbonyl (C=O) groups is 1. The molecule has 0 bridgehead atoms.